The number of aromatic nitrogens is 1. The van der Waals surface area contributed by atoms with Crippen LogP contribution in [-0.4, -0.2) is 33.3 Å². The number of hydrazine groups is 1. The summed E-state index contributed by atoms with van der Waals surface area (Å²) in [6.07, 6.45) is -4.45. The van der Waals surface area contributed by atoms with Crippen LogP contribution in [0, 0.1) is 11.8 Å². The van der Waals surface area contributed by atoms with Crippen LogP contribution in [0.1, 0.15) is 46.1 Å². The first-order chi connectivity index (χ1) is 13.2. The van der Waals surface area contributed by atoms with Gasteiger partial charge in [0, 0.05) is 17.9 Å². The number of hydrogen-bond donors (Lipinski definition) is 2. The predicted molar refractivity (Wildman–Crippen MR) is 99.5 cm³/mol. The Labute approximate surface area is 171 Å². The first-order valence-corrected chi connectivity index (χ1v) is 9.27. The minimum Gasteiger partial charge on any atom is -0.352 e. The number of halogens is 4. The van der Waals surface area contributed by atoms with E-state index in [0.29, 0.717) is 11.1 Å². The summed E-state index contributed by atoms with van der Waals surface area (Å²) in [7, 11) is 0. The number of pyridine rings is 1. The van der Waals surface area contributed by atoms with Crippen molar-refractivity contribution in [3.63, 3.8) is 0 Å². The molecule has 2 unspecified atom stereocenters. The lowest BCUT2D eigenvalue weighted by Crippen LogP contribution is -2.41. The van der Waals surface area contributed by atoms with Gasteiger partial charge in [-0.15, -0.1) is 0 Å². The van der Waals surface area contributed by atoms with Crippen LogP contribution in [0.15, 0.2) is 12.1 Å². The Morgan fingerprint density at radius 2 is 1.83 bits per heavy atom. The van der Waals surface area contributed by atoms with E-state index in [4.69, 9.17) is 11.6 Å². The van der Waals surface area contributed by atoms with Crippen LogP contribution in [-0.2, 0) is 20.6 Å². The van der Waals surface area contributed by atoms with Crippen molar-refractivity contribution in [1.29, 1.82) is 0 Å². The topological polar surface area (TPSA) is 91.4 Å². The minimum atomic E-state index is -4.67. The van der Waals surface area contributed by atoms with Gasteiger partial charge in [-0.2, -0.15) is 18.2 Å². The molecule has 2 rings (SSSR count). The minimum absolute atomic E-state index is 0.0590. The molecule has 1 aromatic heterocycles. The monoisotopic (exact) mass is 434 g/mol. The van der Waals surface area contributed by atoms with Crippen LogP contribution >= 0.6 is 11.6 Å². The van der Waals surface area contributed by atoms with E-state index in [1.807, 2.05) is 20.8 Å². The third-order valence-electron chi connectivity index (χ3n) is 4.33. The standard InChI is InChI=1S/C18H22ClF3N4O3/c1-9-10(5-8-13(27)24-17(2,3)4)16(29)26(15(9)28)25-12-7-6-11(14(19)23-12)18(20,21)22/h6-7,9-10H,5,8H2,1-4H3,(H,23,25)(H,24,27). The number of nitrogens with one attached hydrogen (secondary N) is 2. The molecule has 0 radical (unpaired) electrons. The zero-order chi connectivity index (χ0) is 22.1. The highest BCUT2D eigenvalue weighted by molar-refractivity contribution is 6.30. The molecule has 1 aliphatic rings. The van der Waals surface area contributed by atoms with Gasteiger partial charge >= 0.3 is 6.18 Å². The Kier molecular flexibility index (Phi) is 6.46. The van der Waals surface area contributed by atoms with Gasteiger partial charge in [0.1, 0.15) is 11.0 Å². The van der Waals surface area contributed by atoms with Crippen LogP contribution in [0.3, 0.4) is 0 Å². The zero-order valence-corrected chi connectivity index (χ0v) is 17.1. The van der Waals surface area contributed by atoms with Crippen molar-refractivity contribution >= 4 is 35.1 Å². The molecule has 7 nitrogen and oxygen atoms in total. The van der Waals surface area contributed by atoms with Crippen LogP contribution in [0.4, 0.5) is 19.0 Å². The molecule has 2 atom stereocenters. The number of rotatable bonds is 5. The summed E-state index contributed by atoms with van der Waals surface area (Å²) >= 11 is 5.56. The van der Waals surface area contributed by atoms with Crippen LogP contribution in [0.2, 0.25) is 5.15 Å². The van der Waals surface area contributed by atoms with E-state index in [1.165, 1.54) is 0 Å². The molecular weight excluding hydrogens is 413 g/mol. The summed E-state index contributed by atoms with van der Waals surface area (Å²) in [5.41, 5.74) is 0.875. The molecule has 1 aliphatic heterocycles. The van der Waals surface area contributed by atoms with Crippen LogP contribution in [0.5, 0.6) is 0 Å². The second kappa shape index (κ2) is 8.17. The van der Waals surface area contributed by atoms with Crippen molar-refractivity contribution in [2.45, 2.75) is 52.3 Å². The fraction of sp³-hybridized carbons (Fsp3) is 0.556. The van der Waals surface area contributed by atoms with E-state index in [0.717, 1.165) is 6.07 Å². The molecule has 0 bridgehead atoms. The number of alkyl halides is 3. The molecule has 1 aromatic rings. The van der Waals surface area contributed by atoms with E-state index < -0.39 is 46.1 Å². The van der Waals surface area contributed by atoms with E-state index in [2.05, 4.69) is 15.7 Å². The van der Waals surface area contributed by atoms with Crippen LogP contribution in [0.25, 0.3) is 0 Å². The second-order valence-corrected chi connectivity index (χ2v) is 8.25. The Balaban J connectivity index is 2.08. The van der Waals surface area contributed by atoms with Crippen molar-refractivity contribution in [2.24, 2.45) is 11.8 Å². The molecule has 160 valence electrons. The molecular formula is C18H22ClF3N4O3. The van der Waals surface area contributed by atoms with Crippen molar-refractivity contribution in [3.8, 4) is 0 Å². The number of hydrogen-bond acceptors (Lipinski definition) is 5. The number of nitrogens with zero attached hydrogens (tertiary/aromatic N) is 2. The third kappa shape index (κ3) is 5.59. The third-order valence-corrected chi connectivity index (χ3v) is 4.62. The van der Waals surface area contributed by atoms with Gasteiger partial charge in [0.05, 0.1) is 11.5 Å². The average molecular weight is 435 g/mol. The first-order valence-electron chi connectivity index (χ1n) is 8.90. The van der Waals surface area contributed by atoms with Crippen LogP contribution < -0.4 is 10.7 Å². The number of carbonyl (C=O) groups is 3. The number of amides is 3. The lowest BCUT2D eigenvalue weighted by molar-refractivity contribution is -0.139. The predicted octanol–water partition coefficient (Wildman–Crippen LogP) is 3.40. The summed E-state index contributed by atoms with van der Waals surface area (Å²) < 4.78 is 38.3. The van der Waals surface area contributed by atoms with Gasteiger partial charge in [0.2, 0.25) is 5.91 Å². The van der Waals surface area contributed by atoms with Gasteiger partial charge in [-0.3, -0.25) is 19.8 Å². The van der Waals surface area contributed by atoms with E-state index >= 15 is 0 Å². The maximum absolute atomic E-state index is 12.8. The molecule has 0 aliphatic carbocycles. The first kappa shape index (κ1) is 22.9. The molecule has 0 saturated carbocycles. The van der Waals surface area contributed by atoms with E-state index in [-0.39, 0.29) is 24.6 Å². The van der Waals surface area contributed by atoms with E-state index in [9.17, 15) is 27.6 Å². The van der Waals surface area contributed by atoms with Crippen molar-refractivity contribution < 1.29 is 27.6 Å². The highest BCUT2D eigenvalue weighted by Gasteiger charge is 2.45. The largest absolute Gasteiger partial charge is 0.419 e. The zero-order valence-electron chi connectivity index (χ0n) is 16.4. The van der Waals surface area contributed by atoms with Gasteiger partial charge in [-0.25, -0.2) is 4.98 Å². The normalized spacial score (nSPS) is 20.2. The smallest absolute Gasteiger partial charge is 0.352 e. The molecule has 2 heterocycles. The molecule has 1 fully saturated rings. The Hall–Kier alpha value is -2.36. The number of imide groups is 1. The lowest BCUT2D eigenvalue weighted by atomic mass is 9.92. The van der Waals surface area contributed by atoms with Crippen molar-refractivity contribution in [2.75, 3.05) is 5.43 Å². The second-order valence-electron chi connectivity index (χ2n) is 7.89. The molecule has 1 saturated heterocycles. The molecule has 0 aromatic carbocycles. The maximum atomic E-state index is 12.8. The SMILES string of the molecule is CC1C(=O)N(Nc2ccc(C(F)(F)F)c(Cl)n2)C(=O)C1CCC(=O)NC(C)(C)C. The molecule has 0 spiro atoms. The molecule has 2 N–H and O–H groups in total. The lowest BCUT2D eigenvalue weighted by Gasteiger charge is -2.21. The quantitative estimate of drug-likeness (QED) is 0.547. The van der Waals surface area contributed by atoms with Crippen molar-refractivity contribution in [3.05, 3.63) is 22.8 Å². The van der Waals surface area contributed by atoms with Gasteiger partial charge < -0.3 is 5.32 Å². The number of anilines is 1. The molecule has 29 heavy (non-hydrogen) atoms. The highest BCUT2D eigenvalue weighted by Crippen LogP contribution is 2.35. The summed E-state index contributed by atoms with van der Waals surface area (Å²) in [4.78, 5) is 40.6. The van der Waals surface area contributed by atoms with E-state index in [1.54, 1.807) is 6.92 Å². The summed E-state index contributed by atoms with van der Waals surface area (Å²) in [6.45, 7) is 7.03. The van der Waals surface area contributed by atoms with Crippen molar-refractivity contribution in [1.82, 2.24) is 15.3 Å². The Morgan fingerprint density at radius 3 is 2.34 bits per heavy atom. The van der Waals surface area contributed by atoms with Gasteiger partial charge in [-0.1, -0.05) is 18.5 Å². The highest BCUT2D eigenvalue weighted by atomic mass is 35.5. The summed E-state index contributed by atoms with van der Waals surface area (Å²) in [5.74, 6) is -2.98. The summed E-state index contributed by atoms with van der Waals surface area (Å²) in [6, 6.07) is 1.68. The average Bonchev–Trinajstić information content (AvgIpc) is 2.74. The van der Waals surface area contributed by atoms with Gasteiger partial charge in [0.15, 0.2) is 0 Å². The molecule has 11 heteroatoms. The number of carbonyl (C=O) groups excluding carboxylic acids is 3. The molecule has 3 amide bonds. The maximum Gasteiger partial charge on any atom is 0.419 e. The van der Waals surface area contributed by atoms with Gasteiger partial charge in [0.25, 0.3) is 11.8 Å². The summed E-state index contributed by atoms with van der Waals surface area (Å²) in [5, 5.41) is 2.69. The Morgan fingerprint density at radius 1 is 1.21 bits per heavy atom. The fourth-order valence-electron chi connectivity index (χ4n) is 2.94. The Bertz CT molecular complexity index is 824. The van der Waals surface area contributed by atoms with Gasteiger partial charge in [-0.05, 0) is 39.3 Å². The fourth-order valence-corrected chi connectivity index (χ4v) is 3.20.